The highest BCUT2D eigenvalue weighted by atomic mass is 79.9. The van der Waals surface area contributed by atoms with E-state index in [1.165, 1.54) is 20.3 Å². The molecule has 1 aromatic heterocycles. The van der Waals surface area contributed by atoms with Gasteiger partial charge in [-0.2, -0.15) is 0 Å². The molecule has 9 heteroatoms. The molecule has 0 radical (unpaired) electrons. The summed E-state index contributed by atoms with van der Waals surface area (Å²) in [4.78, 5) is 14.1. The predicted molar refractivity (Wildman–Crippen MR) is 86.4 cm³/mol. The fourth-order valence-corrected chi connectivity index (χ4v) is 2.46. The Hall–Kier alpha value is -2.06. The van der Waals surface area contributed by atoms with Crippen molar-refractivity contribution >= 4 is 44.7 Å². The number of nitrogens with one attached hydrogen (secondary N) is 1. The van der Waals surface area contributed by atoms with Crippen LogP contribution in [0.25, 0.3) is 0 Å². The van der Waals surface area contributed by atoms with Crippen LogP contribution in [0.3, 0.4) is 0 Å². The van der Waals surface area contributed by atoms with E-state index in [9.17, 15) is 10.1 Å². The fourth-order valence-electron chi connectivity index (χ4n) is 1.70. The fraction of sp³-hybridized carbons (Fsp3) is 0.154. The lowest BCUT2D eigenvalue weighted by Crippen LogP contribution is -1.98. The number of halogens is 2. The van der Waals surface area contributed by atoms with E-state index in [4.69, 9.17) is 21.1 Å². The standard InChI is InChI=1S/C13H11BrClN3O4/c1-21-10-3-7(4-11(22-2)12(10)14)17-13-9(15)5-8(6-16-13)18(19)20/h3-6H,1-2H3,(H,16,17). The molecule has 0 atom stereocenters. The van der Waals surface area contributed by atoms with Gasteiger partial charge in [-0.05, 0) is 15.9 Å². The molecular weight excluding hydrogens is 378 g/mol. The van der Waals surface area contributed by atoms with Gasteiger partial charge in [0.2, 0.25) is 0 Å². The highest BCUT2D eigenvalue weighted by Gasteiger charge is 2.14. The number of nitro groups is 1. The molecule has 0 aliphatic carbocycles. The molecule has 1 aromatic carbocycles. The maximum atomic E-state index is 10.7. The van der Waals surface area contributed by atoms with Crippen LogP contribution in [0.15, 0.2) is 28.9 Å². The van der Waals surface area contributed by atoms with Gasteiger partial charge in [-0.1, -0.05) is 11.6 Å². The third kappa shape index (κ3) is 3.40. The second-order valence-corrected chi connectivity index (χ2v) is 5.30. The van der Waals surface area contributed by atoms with Gasteiger partial charge in [-0.25, -0.2) is 4.98 Å². The number of hydrogen-bond acceptors (Lipinski definition) is 6. The first-order valence-corrected chi connectivity index (χ1v) is 7.11. The second kappa shape index (κ2) is 6.80. The van der Waals surface area contributed by atoms with Gasteiger partial charge in [0, 0.05) is 23.9 Å². The lowest BCUT2D eigenvalue weighted by Gasteiger charge is -2.13. The van der Waals surface area contributed by atoms with Crippen LogP contribution in [0, 0.1) is 10.1 Å². The van der Waals surface area contributed by atoms with Gasteiger partial charge in [0.25, 0.3) is 5.69 Å². The summed E-state index contributed by atoms with van der Waals surface area (Å²) >= 11 is 9.37. The molecule has 0 bridgehead atoms. The number of anilines is 2. The quantitative estimate of drug-likeness (QED) is 0.611. The van der Waals surface area contributed by atoms with Gasteiger partial charge in [-0.15, -0.1) is 0 Å². The second-order valence-electron chi connectivity index (χ2n) is 4.10. The van der Waals surface area contributed by atoms with Crippen molar-refractivity contribution in [1.29, 1.82) is 0 Å². The zero-order valence-electron chi connectivity index (χ0n) is 11.6. The van der Waals surface area contributed by atoms with Gasteiger partial charge in [0.1, 0.15) is 28.0 Å². The molecule has 0 spiro atoms. The van der Waals surface area contributed by atoms with Crippen LogP contribution < -0.4 is 14.8 Å². The molecule has 1 heterocycles. The first kappa shape index (κ1) is 16.3. The number of benzene rings is 1. The van der Waals surface area contributed by atoms with E-state index in [-0.39, 0.29) is 10.7 Å². The van der Waals surface area contributed by atoms with E-state index in [1.807, 2.05) is 0 Å². The molecule has 0 saturated heterocycles. The zero-order chi connectivity index (χ0) is 16.3. The largest absolute Gasteiger partial charge is 0.495 e. The van der Waals surface area contributed by atoms with E-state index < -0.39 is 4.92 Å². The maximum absolute atomic E-state index is 10.7. The first-order valence-electron chi connectivity index (χ1n) is 5.94. The van der Waals surface area contributed by atoms with Crippen LogP contribution in [0.1, 0.15) is 0 Å². The molecule has 22 heavy (non-hydrogen) atoms. The van der Waals surface area contributed by atoms with Gasteiger partial charge in [0.15, 0.2) is 0 Å². The predicted octanol–water partition coefficient (Wildman–Crippen LogP) is 4.17. The zero-order valence-corrected chi connectivity index (χ0v) is 13.9. The molecule has 2 aromatic rings. The maximum Gasteiger partial charge on any atom is 0.289 e. The third-order valence-electron chi connectivity index (χ3n) is 2.75. The van der Waals surface area contributed by atoms with Crippen LogP contribution in [0.5, 0.6) is 11.5 Å². The molecule has 7 nitrogen and oxygen atoms in total. The van der Waals surface area contributed by atoms with E-state index in [0.717, 1.165) is 6.20 Å². The van der Waals surface area contributed by atoms with Gasteiger partial charge >= 0.3 is 0 Å². The Balaban J connectivity index is 2.36. The Morgan fingerprint density at radius 1 is 1.27 bits per heavy atom. The Morgan fingerprint density at radius 3 is 2.32 bits per heavy atom. The lowest BCUT2D eigenvalue weighted by molar-refractivity contribution is -0.385. The van der Waals surface area contributed by atoms with Crippen LogP contribution in [0.4, 0.5) is 17.2 Å². The minimum absolute atomic E-state index is 0.134. The number of hydrogen-bond donors (Lipinski definition) is 1. The molecule has 0 saturated carbocycles. The van der Waals surface area contributed by atoms with Crippen LogP contribution in [-0.4, -0.2) is 24.1 Å². The van der Waals surface area contributed by atoms with E-state index in [1.54, 1.807) is 12.1 Å². The first-order chi connectivity index (χ1) is 10.5. The molecule has 0 aliphatic heterocycles. The number of nitrogens with zero attached hydrogens (tertiary/aromatic N) is 2. The summed E-state index contributed by atoms with van der Waals surface area (Å²) in [7, 11) is 3.06. The van der Waals surface area contributed by atoms with Crippen molar-refractivity contribution in [3.05, 3.63) is 44.0 Å². The molecule has 1 N–H and O–H groups in total. The minimum Gasteiger partial charge on any atom is -0.495 e. The smallest absolute Gasteiger partial charge is 0.289 e. The van der Waals surface area contributed by atoms with Crippen molar-refractivity contribution in [2.24, 2.45) is 0 Å². The van der Waals surface area contributed by atoms with Gasteiger partial charge in [0.05, 0.1) is 24.2 Å². The topological polar surface area (TPSA) is 86.5 Å². The summed E-state index contributed by atoms with van der Waals surface area (Å²) in [5.41, 5.74) is 0.432. The van der Waals surface area contributed by atoms with E-state index in [2.05, 4.69) is 26.2 Å². The molecule has 0 fully saturated rings. The Labute approximate surface area is 139 Å². The summed E-state index contributed by atoms with van der Waals surface area (Å²) < 4.78 is 11.1. The molecule has 0 amide bonds. The monoisotopic (exact) mass is 387 g/mol. The van der Waals surface area contributed by atoms with Crippen molar-refractivity contribution < 1.29 is 14.4 Å². The van der Waals surface area contributed by atoms with Crippen molar-refractivity contribution in [3.63, 3.8) is 0 Å². The summed E-state index contributed by atoms with van der Waals surface area (Å²) in [6.45, 7) is 0. The average molecular weight is 389 g/mol. The van der Waals surface area contributed by atoms with Gasteiger partial charge < -0.3 is 14.8 Å². The Bertz CT molecular complexity index is 701. The molecule has 116 valence electrons. The molecule has 2 rings (SSSR count). The van der Waals surface area contributed by atoms with Gasteiger partial charge in [-0.3, -0.25) is 10.1 Å². The van der Waals surface area contributed by atoms with Crippen LogP contribution >= 0.6 is 27.5 Å². The number of aromatic nitrogens is 1. The third-order valence-corrected chi connectivity index (χ3v) is 3.82. The lowest BCUT2D eigenvalue weighted by atomic mass is 10.2. The van der Waals surface area contributed by atoms with Crippen molar-refractivity contribution in [2.45, 2.75) is 0 Å². The molecule has 0 unspecified atom stereocenters. The van der Waals surface area contributed by atoms with Crippen molar-refractivity contribution in [3.8, 4) is 11.5 Å². The Morgan fingerprint density at radius 2 is 1.86 bits per heavy atom. The highest BCUT2D eigenvalue weighted by molar-refractivity contribution is 9.10. The van der Waals surface area contributed by atoms with Crippen LogP contribution in [0.2, 0.25) is 5.02 Å². The number of methoxy groups -OCH3 is 2. The summed E-state index contributed by atoms with van der Waals surface area (Å²) in [6.07, 6.45) is 1.13. The van der Waals surface area contributed by atoms with E-state index >= 15 is 0 Å². The molecule has 0 aliphatic rings. The normalized spacial score (nSPS) is 10.2. The summed E-state index contributed by atoms with van der Waals surface area (Å²) in [5, 5.41) is 13.8. The van der Waals surface area contributed by atoms with E-state index in [0.29, 0.717) is 27.5 Å². The number of rotatable bonds is 5. The summed E-state index contributed by atoms with van der Waals surface area (Å²) in [6, 6.07) is 4.66. The average Bonchev–Trinajstić information content (AvgIpc) is 2.50. The minimum atomic E-state index is -0.561. The summed E-state index contributed by atoms with van der Waals surface area (Å²) in [5.74, 6) is 1.40. The van der Waals surface area contributed by atoms with Crippen molar-refractivity contribution in [2.75, 3.05) is 19.5 Å². The SMILES string of the molecule is COc1cc(Nc2ncc([N+](=O)[O-])cc2Cl)cc(OC)c1Br. The van der Waals surface area contributed by atoms with Crippen molar-refractivity contribution in [1.82, 2.24) is 4.98 Å². The Kier molecular flexibility index (Phi) is 5.04. The molecular formula is C13H11BrClN3O4. The number of ether oxygens (including phenoxy) is 2. The van der Waals surface area contributed by atoms with Crippen LogP contribution in [-0.2, 0) is 0 Å². The highest BCUT2D eigenvalue weighted by Crippen LogP contribution is 2.38. The number of pyridine rings is 1.